The molecule has 2 aliphatic rings. The van der Waals surface area contributed by atoms with Crippen LogP contribution in [0, 0.1) is 11.7 Å². The van der Waals surface area contributed by atoms with Gasteiger partial charge in [0.15, 0.2) is 0 Å². The third-order valence-corrected chi connectivity index (χ3v) is 7.40. The van der Waals surface area contributed by atoms with Crippen LogP contribution in [0.25, 0.3) is 11.4 Å². The van der Waals surface area contributed by atoms with Crippen molar-refractivity contribution in [3.63, 3.8) is 0 Å². The predicted molar refractivity (Wildman–Crippen MR) is 140 cm³/mol. The van der Waals surface area contributed by atoms with Gasteiger partial charge >= 0.3 is 0 Å². The van der Waals surface area contributed by atoms with Crippen LogP contribution in [-0.4, -0.2) is 52.0 Å². The molecule has 0 bridgehead atoms. The van der Waals surface area contributed by atoms with Gasteiger partial charge in [0, 0.05) is 25.2 Å². The van der Waals surface area contributed by atoms with Gasteiger partial charge in [0.1, 0.15) is 5.82 Å². The molecular formula is C29H36FN5O2. The highest BCUT2D eigenvalue weighted by molar-refractivity contribution is 5.79. The summed E-state index contributed by atoms with van der Waals surface area (Å²) in [4.78, 5) is 22.1. The Morgan fingerprint density at radius 1 is 0.892 bits per heavy atom. The lowest BCUT2D eigenvalue weighted by molar-refractivity contribution is -0.127. The average molecular weight is 506 g/mol. The van der Waals surface area contributed by atoms with E-state index in [4.69, 9.17) is 4.52 Å². The summed E-state index contributed by atoms with van der Waals surface area (Å²) in [6, 6.07) is 14.7. The molecule has 3 heterocycles. The van der Waals surface area contributed by atoms with Crippen molar-refractivity contribution in [2.24, 2.45) is 5.92 Å². The van der Waals surface area contributed by atoms with Crippen LogP contribution in [0.2, 0.25) is 0 Å². The van der Waals surface area contributed by atoms with E-state index in [1.807, 2.05) is 0 Å². The second kappa shape index (κ2) is 12.4. The normalized spacial score (nSPS) is 19.4. The molecule has 2 aromatic carbocycles. The maximum atomic E-state index is 13.2. The van der Waals surface area contributed by atoms with Crippen molar-refractivity contribution >= 4 is 5.91 Å². The van der Waals surface area contributed by atoms with E-state index >= 15 is 0 Å². The van der Waals surface area contributed by atoms with Crippen molar-refractivity contribution < 1.29 is 13.7 Å². The Balaban J connectivity index is 1.08. The summed E-state index contributed by atoms with van der Waals surface area (Å²) in [6.07, 6.45) is 7.12. The van der Waals surface area contributed by atoms with Crippen LogP contribution in [0.15, 0.2) is 53.1 Å². The molecule has 8 heteroatoms. The molecular weight excluding hydrogens is 469 g/mol. The molecule has 1 unspecified atom stereocenters. The molecule has 7 nitrogen and oxygen atoms in total. The van der Waals surface area contributed by atoms with Gasteiger partial charge in [-0.25, -0.2) is 4.39 Å². The molecule has 196 valence electrons. The van der Waals surface area contributed by atoms with Gasteiger partial charge in [-0.3, -0.25) is 14.6 Å². The zero-order valence-electron chi connectivity index (χ0n) is 21.4. The first-order valence-corrected chi connectivity index (χ1v) is 13.5. The summed E-state index contributed by atoms with van der Waals surface area (Å²) in [5.41, 5.74) is 3.17. The maximum absolute atomic E-state index is 13.2. The smallest absolute Gasteiger partial charge is 0.241 e. The summed E-state index contributed by atoms with van der Waals surface area (Å²) in [7, 11) is 0. The Morgan fingerprint density at radius 2 is 1.59 bits per heavy atom. The van der Waals surface area contributed by atoms with Crippen LogP contribution >= 0.6 is 0 Å². The highest BCUT2D eigenvalue weighted by Crippen LogP contribution is 2.21. The van der Waals surface area contributed by atoms with Gasteiger partial charge < -0.3 is 9.84 Å². The van der Waals surface area contributed by atoms with Crippen molar-refractivity contribution in [3.05, 3.63) is 71.4 Å². The van der Waals surface area contributed by atoms with Crippen LogP contribution < -0.4 is 5.32 Å². The zero-order valence-corrected chi connectivity index (χ0v) is 21.4. The maximum Gasteiger partial charge on any atom is 0.241 e. The molecule has 1 amide bonds. The van der Waals surface area contributed by atoms with Crippen molar-refractivity contribution in [2.75, 3.05) is 26.2 Å². The minimum Gasteiger partial charge on any atom is -0.352 e. The van der Waals surface area contributed by atoms with E-state index in [2.05, 4.69) is 49.5 Å². The molecule has 1 aromatic heterocycles. The molecule has 0 aliphatic carbocycles. The number of likely N-dealkylation sites (tertiary alicyclic amines) is 2. The van der Waals surface area contributed by atoms with Crippen LogP contribution in [-0.2, 0) is 24.4 Å². The van der Waals surface area contributed by atoms with E-state index < -0.39 is 0 Å². The second-order valence-electron chi connectivity index (χ2n) is 10.3. The second-order valence-corrected chi connectivity index (χ2v) is 10.3. The molecule has 1 N–H and O–H groups in total. The molecule has 5 rings (SSSR count). The largest absolute Gasteiger partial charge is 0.352 e. The standard InChI is InChI=1S/C29H36FN5O2/c30-26-13-11-24(12-14-26)28-32-27(37-33-28)21-35-17-5-6-25(20-35)29(36)31-18-22-7-9-23(10-8-22)19-34-15-3-1-2-4-16-34/h7-14,25H,1-6,15-21H2,(H,31,36). The Hall–Kier alpha value is -3.10. The fourth-order valence-corrected chi connectivity index (χ4v) is 5.29. The number of nitrogens with zero attached hydrogens (tertiary/aromatic N) is 4. The number of carbonyl (C=O) groups is 1. The predicted octanol–water partition coefficient (Wildman–Crippen LogP) is 4.78. The van der Waals surface area contributed by atoms with Crippen LogP contribution in [0.1, 0.15) is 55.5 Å². The van der Waals surface area contributed by atoms with Gasteiger partial charge in [-0.15, -0.1) is 0 Å². The number of hydrogen-bond acceptors (Lipinski definition) is 6. The third kappa shape index (κ3) is 7.23. The van der Waals surface area contributed by atoms with Crippen molar-refractivity contribution in [1.82, 2.24) is 25.3 Å². The number of piperidine rings is 1. The summed E-state index contributed by atoms with van der Waals surface area (Å²) < 4.78 is 18.6. The van der Waals surface area contributed by atoms with Crippen LogP contribution in [0.4, 0.5) is 4.39 Å². The van der Waals surface area contributed by atoms with Crippen molar-refractivity contribution in [3.8, 4) is 11.4 Å². The molecule has 37 heavy (non-hydrogen) atoms. The Morgan fingerprint density at radius 3 is 2.35 bits per heavy atom. The van der Waals surface area contributed by atoms with E-state index in [0.717, 1.165) is 31.5 Å². The van der Waals surface area contributed by atoms with E-state index in [1.165, 1.54) is 56.5 Å². The Kier molecular flexibility index (Phi) is 8.58. The lowest BCUT2D eigenvalue weighted by Gasteiger charge is -2.30. The quantitative estimate of drug-likeness (QED) is 0.475. The minimum absolute atomic E-state index is 0.0597. The van der Waals surface area contributed by atoms with Gasteiger partial charge in [0.25, 0.3) is 0 Å². The molecule has 2 aliphatic heterocycles. The van der Waals surface area contributed by atoms with E-state index in [1.54, 1.807) is 12.1 Å². The first-order chi connectivity index (χ1) is 18.1. The topological polar surface area (TPSA) is 74.5 Å². The summed E-state index contributed by atoms with van der Waals surface area (Å²) in [5, 5.41) is 7.16. The third-order valence-electron chi connectivity index (χ3n) is 7.40. The monoisotopic (exact) mass is 505 g/mol. The first-order valence-electron chi connectivity index (χ1n) is 13.5. The number of aromatic nitrogens is 2. The van der Waals surface area contributed by atoms with E-state index in [-0.39, 0.29) is 17.6 Å². The molecule has 0 saturated carbocycles. The number of benzene rings is 2. The Labute approximate surface area is 218 Å². The van der Waals surface area contributed by atoms with Gasteiger partial charge in [0.2, 0.25) is 17.6 Å². The lowest BCUT2D eigenvalue weighted by Crippen LogP contribution is -2.42. The zero-order chi connectivity index (χ0) is 25.5. The van der Waals surface area contributed by atoms with Gasteiger partial charge in [-0.2, -0.15) is 4.98 Å². The van der Waals surface area contributed by atoms with Gasteiger partial charge in [-0.1, -0.05) is 42.3 Å². The molecule has 2 saturated heterocycles. The van der Waals surface area contributed by atoms with Crippen LogP contribution in [0.5, 0.6) is 0 Å². The Bertz CT molecular complexity index is 1140. The average Bonchev–Trinajstić information content (AvgIpc) is 3.23. The van der Waals surface area contributed by atoms with Crippen molar-refractivity contribution in [1.29, 1.82) is 0 Å². The van der Waals surface area contributed by atoms with E-state index in [0.29, 0.717) is 36.9 Å². The number of amides is 1. The highest BCUT2D eigenvalue weighted by Gasteiger charge is 2.27. The number of halogens is 1. The minimum atomic E-state index is -0.301. The molecule has 3 aromatic rings. The van der Waals surface area contributed by atoms with Crippen molar-refractivity contribution in [2.45, 2.75) is 58.2 Å². The summed E-state index contributed by atoms with van der Waals surface area (Å²) in [6.45, 7) is 5.98. The van der Waals surface area contributed by atoms with Crippen LogP contribution in [0.3, 0.4) is 0 Å². The number of rotatable bonds is 8. The number of nitrogens with one attached hydrogen (secondary N) is 1. The summed E-state index contributed by atoms with van der Waals surface area (Å²) in [5.74, 6) is 0.677. The van der Waals surface area contributed by atoms with Gasteiger partial charge in [0.05, 0.1) is 12.5 Å². The highest BCUT2D eigenvalue weighted by atomic mass is 19.1. The number of carbonyl (C=O) groups excluding carboxylic acids is 1. The molecule has 0 radical (unpaired) electrons. The molecule has 0 spiro atoms. The fourth-order valence-electron chi connectivity index (χ4n) is 5.29. The molecule has 2 fully saturated rings. The van der Waals surface area contributed by atoms with E-state index in [9.17, 15) is 9.18 Å². The fraction of sp³-hybridized carbons (Fsp3) is 0.483. The first kappa shape index (κ1) is 25.5. The van der Waals surface area contributed by atoms with Gasteiger partial charge in [-0.05, 0) is 80.7 Å². The SMILES string of the molecule is O=C(NCc1ccc(CN2CCCCCC2)cc1)C1CCCN(Cc2nc(-c3ccc(F)cc3)no2)C1. The summed E-state index contributed by atoms with van der Waals surface area (Å²) >= 11 is 0. The lowest BCUT2D eigenvalue weighted by atomic mass is 9.97. The number of hydrogen-bond donors (Lipinski definition) is 1. The molecule has 1 atom stereocenters.